The van der Waals surface area contributed by atoms with Crippen molar-refractivity contribution in [3.8, 4) is 11.1 Å². The second-order valence-corrected chi connectivity index (χ2v) is 11.6. The van der Waals surface area contributed by atoms with Crippen LogP contribution in [0.1, 0.15) is 26.3 Å². The Balaban J connectivity index is 1.29. The molecule has 0 fully saturated rings. The topological polar surface area (TPSA) is 75.3 Å². The number of halogens is 2. The van der Waals surface area contributed by atoms with Crippen LogP contribution in [0.5, 0.6) is 0 Å². The minimum absolute atomic E-state index is 0.0928. The van der Waals surface area contributed by atoms with Gasteiger partial charge in [-0.2, -0.15) is 0 Å². The van der Waals surface area contributed by atoms with Crippen LogP contribution in [0, 0.1) is 0 Å². The zero-order chi connectivity index (χ0) is 30.9. The lowest BCUT2D eigenvalue weighted by Gasteiger charge is -2.12. The molecule has 2 amide bonds. The van der Waals surface area contributed by atoms with Gasteiger partial charge in [0.2, 0.25) is 0 Å². The van der Waals surface area contributed by atoms with Crippen LogP contribution in [-0.4, -0.2) is 23.4 Å². The Bertz CT molecular complexity index is 1810. The van der Waals surface area contributed by atoms with Crippen LogP contribution in [0.15, 0.2) is 138 Å². The molecule has 5 aromatic carbocycles. The molecule has 5 nitrogen and oxygen atoms in total. The Morgan fingerprint density at radius 1 is 0.705 bits per heavy atom. The van der Waals surface area contributed by atoms with E-state index in [2.05, 4.69) is 10.6 Å². The summed E-state index contributed by atoms with van der Waals surface area (Å²) in [7, 11) is 0. The number of rotatable bonds is 10. The van der Waals surface area contributed by atoms with E-state index in [1.165, 1.54) is 11.8 Å². The normalized spacial score (nSPS) is 11.1. The van der Waals surface area contributed by atoms with Crippen molar-refractivity contribution in [1.82, 2.24) is 5.32 Å². The third kappa shape index (κ3) is 8.26. The van der Waals surface area contributed by atoms with E-state index in [4.69, 9.17) is 23.2 Å². The first kappa shape index (κ1) is 30.8. The number of ketones is 1. The Hall–Kier alpha value is -4.62. The number of amides is 2. The van der Waals surface area contributed by atoms with Crippen LogP contribution in [0.2, 0.25) is 10.0 Å². The van der Waals surface area contributed by atoms with E-state index in [0.717, 1.165) is 21.6 Å². The average Bonchev–Trinajstić information content (AvgIpc) is 3.05. The van der Waals surface area contributed by atoms with Gasteiger partial charge in [0.1, 0.15) is 5.70 Å². The third-order valence-electron chi connectivity index (χ3n) is 6.57. The average molecular weight is 638 g/mol. The van der Waals surface area contributed by atoms with Crippen molar-refractivity contribution in [3.63, 3.8) is 0 Å². The lowest BCUT2D eigenvalue weighted by molar-refractivity contribution is -0.113. The molecular formula is C36H26Cl2N2O3S. The van der Waals surface area contributed by atoms with Crippen molar-refractivity contribution in [2.75, 3.05) is 11.1 Å². The summed E-state index contributed by atoms with van der Waals surface area (Å²) in [5.74, 6) is -0.802. The summed E-state index contributed by atoms with van der Waals surface area (Å²) < 4.78 is 0. The first-order valence-electron chi connectivity index (χ1n) is 13.6. The molecular weight excluding hydrogens is 611 g/mol. The number of thioether (sulfide) groups is 1. The molecule has 44 heavy (non-hydrogen) atoms. The van der Waals surface area contributed by atoms with Gasteiger partial charge in [-0.25, -0.2) is 0 Å². The highest BCUT2D eigenvalue weighted by Gasteiger charge is 2.16. The molecule has 5 rings (SSSR count). The van der Waals surface area contributed by atoms with Crippen LogP contribution in [0.3, 0.4) is 0 Å². The van der Waals surface area contributed by atoms with E-state index in [0.29, 0.717) is 26.9 Å². The summed E-state index contributed by atoms with van der Waals surface area (Å²) in [5, 5.41) is 6.41. The van der Waals surface area contributed by atoms with Gasteiger partial charge < -0.3 is 10.6 Å². The Labute approximate surface area is 269 Å². The molecule has 0 aromatic heterocycles. The van der Waals surface area contributed by atoms with E-state index in [9.17, 15) is 14.4 Å². The largest absolute Gasteiger partial charge is 0.321 e. The summed E-state index contributed by atoms with van der Waals surface area (Å²) in [5.41, 5.74) is 4.35. The van der Waals surface area contributed by atoms with E-state index in [1.807, 2.05) is 72.8 Å². The molecule has 5 aromatic rings. The van der Waals surface area contributed by atoms with Crippen LogP contribution < -0.4 is 10.6 Å². The minimum atomic E-state index is -0.477. The van der Waals surface area contributed by atoms with E-state index in [1.54, 1.807) is 60.7 Å². The molecule has 0 spiro atoms. The number of carbonyl (C=O) groups excluding carboxylic acids is 3. The molecule has 0 atom stereocenters. The summed E-state index contributed by atoms with van der Waals surface area (Å²) >= 11 is 13.5. The number of nitrogens with one attached hydrogen (secondary N) is 2. The van der Waals surface area contributed by atoms with Gasteiger partial charge in [0, 0.05) is 26.7 Å². The highest BCUT2D eigenvalue weighted by Crippen LogP contribution is 2.26. The highest BCUT2D eigenvalue weighted by molar-refractivity contribution is 8.00. The summed E-state index contributed by atoms with van der Waals surface area (Å²) in [4.78, 5) is 39.9. The minimum Gasteiger partial charge on any atom is -0.321 e. The number of carbonyl (C=O) groups is 3. The predicted molar refractivity (Wildman–Crippen MR) is 180 cm³/mol. The van der Waals surface area contributed by atoms with Crippen molar-refractivity contribution in [3.05, 3.63) is 160 Å². The van der Waals surface area contributed by atoms with Gasteiger partial charge in [0.15, 0.2) is 5.78 Å². The first-order chi connectivity index (χ1) is 21.4. The van der Waals surface area contributed by atoms with E-state index < -0.39 is 11.8 Å². The highest BCUT2D eigenvalue weighted by atomic mass is 35.5. The number of hydrogen-bond acceptors (Lipinski definition) is 4. The van der Waals surface area contributed by atoms with Crippen LogP contribution in [0.4, 0.5) is 5.69 Å². The molecule has 2 N–H and O–H groups in total. The summed E-state index contributed by atoms with van der Waals surface area (Å²) in [6, 6.07) is 38.3. The monoisotopic (exact) mass is 636 g/mol. The van der Waals surface area contributed by atoms with Gasteiger partial charge in [-0.05, 0) is 77.4 Å². The second kappa shape index (κ2) is 14.7. The molecule has 0 aliphatic rings. The lowest BCUT2D eigenvalue weighted by Crippen LogP contribution is -2.30. The molecule has 0 heterocycles. The smallest absolute Gasteiger partial charge is 0.272 e. The molecule has 0 unspecified atom stereocenters. The molecule has 0 saturated carbocycles. The van der Waals surface area contributed by atoms with Gasteiger partial charge in [0.05, 0.1) is 10.8 Å². The SMILES string of the molecule is O=C(Nc1ccc(SCC(=O)c2ccc(Cl)cc2Cl)cc1)/C(=C/c1ccc(-c2ccccc2)cc1)NC(=O)c1ccccc1. The quantitative estimate of drug-likeness (QED) is 0.0911. The zero-order valence-corrected chi connectivity index (χ0v) is 25.6. The van der Waals surface area contributed by atoms with Crippen molar-refractivity contribution in [2.45, 2.75) is 4.90 Å². The maximum atomic E-state index is 13.4. The molecule has 0 aliphatic carbocycles. The first-order valence-corrected chi connectivity index (χ1v) is 15.4. The number of Topliss-reactive ketones (excluding diaryl/α,β-unsaturated/α-hetero) is 1. The zero-order valence-electron chi connectivity index (χ0n) is 23.3. The lowest BCUT2D eigenvalue weighted by atomic mass is 10.0. The van der Waals surface area contributed by atoms with Crippen LogP contribution >= 0.6 is 35.0 Å². The van der Waals surface area contributed by atoms with Gasteiger partial charge in [-0.1, -0.05) is 96.0 Å². The van der Waals surface area contributed by atoms with Crippen molar-refractivity contribution >= 4 is 64.3 Å². The molecule has 0 aliphatic heterocycles. The number of anilines is 1. The Morgan fingerprint density at radius 3 is 2.00 bits per heavy atom. The third-order valence-corrected chi connectivity index (χ3v) is 8.13. The Kier molecular flexibility index (Phi) is 10.3. The maximum Gasteiger partial charge on any atom is 0.272 e. The fourth-order valence-electron chi connectivity index (χ4n) is 4.29. The van der Waals surface area contributed by atoms with E-state index >= 15 is 0 Å². The molecule has 218 valence electrons. The van der Waals surface area contributed by atoms with Gasteiger partial charge in [-0.3, -0.25) is 14.4 Å². The maximum absolute atomic E-state index is 13.4. The molecule has 8 heteroatoms. The fraction of sp³-hybridized carbons (Fsp3) is 0.0278. The molecule has 0 bridgehead atoms. The fourth-order valence-corrected chi connectivity index (χ4v) is 5.58. The van der Waals surface area contributed by atoms with Gasteiger partial charge in [0.25, 0.3) is 11.8 Å². The van der Waals surface area contributed by atoms with Crippen molar-refractivity contribution in [1.29, 1.82) is 0 Å². The van der Waals surface area contributed by atoms with Gasteiger partial charge >= 0.3 is 0 Å². The van der Waals surface area contributed by atoms with E-state index in [-0.39, 0.29) is 17.2 Å². The van der Waals surface area contributed by atoms with Crippen LogP contribution in [0.25, 0.3) is 17.2 Å². The van der Waals surface area contributed by atoms with Crippen LogP contribution in [-0.2, 0) is 4.79 Å². The summed E-state index contributed by atoms with van der Waals surface area (Å²) in [6.07, 6.45) is 1.64. The van der Waals surface area contributed by atoms with Gasteiger partial charge in [-0.15, -0.1) is 11.8 Å². The molecule has 0 radical (unpaired) electrons. The van der Waals surface area contributed by atoms with Crippen molar-refractivity contribution in [2.24, 2.45) is 0 Å². The number of benzene rings is 5. The Morgan fingerprint density at radius 2 is 1.34 bits per heavy atom. The summed E-state index contributed by atoms with van der Waals surface area (Å²) in [6.45, 7) is 0. The predicted octanol–water partition coefficient (Wildman–Crippen LogP) is 9.05. The standard InChI is InChI=1S/C36H26Cl2N2O3S/c37-28-15-20-31(32(38)22-28)34(41)23-44-30-18-16-29(17-19-30)39-36(43)33(40-35(42)27-9-5-2-6-10-27)21-24-11-13-26(14-12-24)25-7-3-1-4-8-25/h1-22H,23H2,(H,39,43)(H,40,42)/b33-21-. The van der Waals surface area contributed by atoms with Crippen molar-refractivity contribution < 1.29 is 14.4 Å². The molecule has 0 saturated heterocycles. The number of hydrogen-bond donors (Lipinski definition) is 2. The second-order valence-electron chi connectivity index (χ2n) is 9.68.